The molecule has 0 saturated heterocycles. The van der Waals surface area contributed by atoms with Crippen LogP contribution in [0.25, 0.3) is 0 Å². The molecule has 0 aliphatic heterocycles. The Morgan fingerprint density at radius 2 is 2.06 bits per heavy atom. The zero-order chi connectivity index (χ0) is 13.0. The normalized spacial score (nSPS) is 10.4. The van der Waals surface area contributed by atoms with Crippen LogP contribution >= 0.6 is 11.6 Å². The van der Waals surface area contributed by atoms with E-state index in [1.807, 2.05) is 0 Å². The van der Waals surface area contributed by atoms with Crippen molar-refractivity contribution in [3.8, 4) is 0 Å². The average molecular weight is 259 g/mol. The van der Waals surface area contributed by atoms with Crippen molar-refractivity contribution in [2.24, 2.45) is 0 Å². The maximum absolute atomic E-state index is 13.3. The lowest BCUT2D eigenvalue weighted by Crippen LogP contribution is -2.23. The molecule has 0 aliphatic carbocycles. The van der Waals surface area contributed by atoms with E-state index in [9.17, 15) is 14.0 Å². The van der Waals surface area contributed by atoms with Gasteiger partial charge in [0.2, 0.25) is 5.78 Å². The van der Waals surface area contributed by atoms with Gasteiger partial charge in [0.05, 0.1) is 6.10 Å². The van der Waals surface area contributed by atoms with E-state index < -0.39 is 24.0 Å². The fraction of sp³-hybridized carbons (Fsp3) is 0.333. The molecule has 0 spiro atoms. The first kappa shape index (κ1) is 13.6. The first-order valence-electron chi connectivity index (χ1n) is 5.08. The first-order valence-corrected chi connectivity index (χ1v) is 5.46. The lowest BCUT2D eigenvalue weighted by atomic mass is 10.1. The SMILES string of the molecule is CC(C)OC(=O)C(=O)Cc1c(F)cccc1Cl. The number of hydrogen-bond donors (Lipinski definition) is 0. The third kappa shape index (κ3) is 3.82. The van der Waals surface area contributed by atoms with Gasteiger partial charge in [-0.3, -0.25) is 4.79 Å². The molecule has 0 bridgehead atoms. The number of ether oxygens (including phenoxy) is 1. The van der Waals surface area contributed by atoms with Crippen LogP contribution in [0.3, 0.4) is 0 Å². The van der Waals surface area contributed by atoms with Gasteiger partial charge in [0.15, 0.2) is 0 Å². The summed E-state index contributed by atoms with van der Waals surface area (Å²) in [6.45, 7) is 3.25. The Balaban J connectivity index is 2.78. The summed E-state index contributed by atoms with van der Waals surface area (Å²) >= 11 is 5.74. The predicted molar refractivity (Wildman–Crippen MR) is 61.3 cm³/mol. The molecule has 1 rings (SSSR count). The van der Waals surface area contributed by atoms with E-state index in [0.29, 0.717) is 0 Å². The minimum atomic E-state index is -0.973. The monoisotopic (exact) mass is 258 g/mol. The number of benzene rings is 1. The van der Waals surface area contributed by atoms with Gasteiger partial charge in [-0.25, -0.2) is 9.18 Å². The highest BCUT2D eigenvalue weighted by molar-refractivity contribution is 6.35. The number of hydrogen-bond acceptors (Lipinski definition) is 3. The number of Topliss-reactive ketones (excluding diaryl/α,β-unsaturated/α-hetero) is 1. The van der Waals surface area contributed by atoms with Crippen molar-refractivity contribution in [1.82, 2.24) is 0 Å². The lowest BCUT2D eigenvalue weighted by Gasteiger charge is -2.08. The van der Waals surface area contributed by atoms with Gasteiger partial charge in [0.25, 0.3) is 0 Å². The molecule has 92 valence electrons. The smallest absolute Gasteiger partial charge is 0.375 e. The van der Waals surface area contributed by atoms with Gasteiger partial charge in [-0.2, -0.15) is 0 Å². The van der Waals surface area contributed by atoms with Gasteiger partial charge in [-0.05, 0) is 26.0 Å². The van der Waals surface area contributed by atoms with Gasteiger partial charge in [0, 0.05) is 17.0 Å². The number of carbonyl (C=O) groups excluding carboxylic acids is 2. The van der Waals surface area contributed by atoms with E-state index in [4.69, 9.17) is 16.3 Å². The largest absolute Gasteiger partial charge is 0.457 e. The molecule has 0 aromatic heterocycles. The van der Waals surface area contributed by atoms with Gasteiger partial charge in [0.1, 0.15) is 5.82 Å². The summed E-state index contributed by atoms with van der Waals surface area (Å²) in [5.41, 5.74) is 0.0138. The van der Waals surface area contributed by atoms with Gasteiger partial charge in [-0.1, -0.05) is 17.7 Å². The fourth-order valence-electron chi connectivity index (χ4n) is 1.21. The van der Waals surface area contributed by atoms with E-state index >= 15 is 0 Å². The summed E-state index contributed by atoms with van der Waals surface area (Å²) in [5, 5.41) is 0.121. The molecule has 17 heavy (non-hydrogen) atoms. The Kier molecular flexibility index (Phi) is 4.63. The molecule has 1 aromatic rings. The Labute approximate surface area is 104 Å². The van der Waals surface area contributed by atoms with Gasteiger partial charge >= 0.3 is 5.97 Å². The molecule has 0 saturated carbocycles. The summed E-state index contributed by atoms with van der Waals surface area (Å²) in [6.07, 6.45) is -0.778. The van der Waals surface area contributed by atoms with Crippen LogP contribution < -0.4 is 0 Å². The van der Waals surface area contributed by atoms with E-state index in [1.54, 1.807) is 13.8 Å². The average Bonchev–Trinajstić information content (AvgIpc) is 2.22. The number of halogens is 2. The Bertz CT molecular complexity index is 423. The predicted octanol–water partition coefficient (Wildman–Crippen LogP) is 2.54. The maximum atomic E-state index is 13.3. The van der Waals surface area contributed by atoms with Crippen molar-refractivity contribution in [3.05, 3.63) is 34.6 Å². The molecular weight excluding hydrogens is 247 g/mol. The molecule has 0 aliphatic rings. The van der Waals surface area contributed by atoms with Crippen molar-refractivity contribution in [3.63, 3.8) is 0 Å². The highest BCUT2D eigenvalue weighted by Gasteiger charge is 2.20. The standard InChI is InChI=1S/C12H12ClFO3/c1-7(2)17-12(16)11(15)6-8-9(13)4-3-5-10(8)14/h3-5,7H,6H2,1-2H3. The van der Waals surface area contributed by atoms with Crippen molar-refractivity contribution < 1.29 is 18.7 Å². The van der Waals surface area contributed by atoms with Crippen LogP contribution in [0, 0.1) is 5.82 Å². The molecule has 0 fully saturated rings. The van der Waals surface area contributed by atoms with E-state index in [0.717, 1.165) is 0 Å². The Morgan fingerprint density at radius 1 is 1.41 bits per heavy atom. The summed E-state index contributed by atoms with van der Waals surface area (Å²) < 4.78 is 18.1. The van der Waals surface area contributed by atoms with Crippen molar-refractivity contribution in [2.75, 3.05) is 0 Å². The number of rotatable bonds is 4. The van der Waals surface area contributed by atoms with Crippen LogP contribution in [-0.4, -0.2) is 17.9 Å². The second-order valence-electron chi connectivity index (χ2n) is 3.75. The maximum Gasteiger partial charge on any atom is 0.375 e. The van der Waals surface area contributed by atoms with Crippen LogP contribution in [0.4, 0.5) is 4.39 Å². The molecule has 1 aromatic carbocycles. The summed E-state index contributed by atoms with van der Waals surface area (Å²) in [4.78, 5) is 22.7. The molecule has 5 heteroatoms. The summed E-state index contributed by atoms with van der Waals surface area (Å²) in [7, 11) is 0. The Morgan fingerprint density at radius 3 is 2.59 bits per heavy atom. The fourth-order valence-corrected chi connectivity index (χ4v) is 1.44. The third-order valence-electron chi connectivity index (χ3n) is 1.97. The topological polar surface area (TPSA) is 43.4 Å². The molecular formula is C12H12ClFO3. The van der Waals surface area contributed by atoms with E-state index in [1.165, 1.54) is 18.2 Å². The van der Waals surface area contributed by atoms with E-state index in [2.05, 4.69) is 0 Å². The van der Waals surface area contributed by atoms with Gasteiger partial charge in [-0.15, -0.1) is 0 Å². The molecule has 0 atom stereocenters. The van der Waals surface area contributed by atoms with Crippen LogP contribution in [0.15, 0.2) is 18.2 Å². The highest BCUT2D eigenvalue weighted by Crippen LogP contribution is 2.19. The quantitative estimate of drug-likeness (QED) is 0.616. The third-order valence-corrected chi connectivity index (χ3v) is 2.32. The molecule has 0 unspecified atom stereocenters. The minimum absolute atomic E-state index is 0.0138. The zero-order valence-electron chi connectivity index (χ0n) is 9.50. The first-order chi connectivity index (χ1) is 7.91. The van der Waals surface area contributed by atoms with Crippen molar-refractivity contribution in [1.29, 1.82) is 0 Å². The lowest BCUT2D eigenvalue weighted by molar-refractivity contribution is -0.156. The Hall–Kier alpha value is -1.42. The molecule has 0 heterocycles. The molecule has 0 amide bonds. The zero-order valence-corrected chi connectivity index (χ0v) is 10.3. The van der Waals surface area contributed by atoms with Crippen molar-refractivity contribution in [2.45, 2.75) is 26.4 Å². The summed E-state index contributed by atoms with van der Waals surface area (Å²) in [5.74, 6) is -2.40. The number of esters is 1. The van der Waals surface area contributed by atoms with Crippen LogP contribution in [0.2, 0.25) is 5.02 Å². The molecule has 0 radical (unpaired) electrons. The van der Waals surface area contributed by atoms with Crippen LogP contribution in [-0.2, 0) is 20.7 Å². The van der Waals surface area contributed by atoms with E-state index in [-0.39, 0.29) is 16.7 Å². The van der Waals surface area contributed by atoms with Crippen LogP contribution in [0.5, 0.6) is 0 Å². The number of carbonyl (C=O) groups is 2. The van der Waals surface area contributed by atoms with Crippen molar-refractivity contribution >= 4 is 23.4 Å². The number of ketones is 1. The van der Waals surface area contributed by atoms with Gasteiger partial charge < -0.3 is 4.74 Å². The second-order valence-corrected chi connectivity index (χ2v) is 4.16. The summed E-state index contributed by atoms with van der Waals surface area (Å²) in [6, 6.07) is 4.07. The minimum Gasteiger partial charge on any atom is -0.457 e. The highest BCUT2D eigenvalue weighted by atomic mass is 35.5. The molecule has 0 N–H and O–H groups in total. The second kappa shape index (κ2) is 5.77. The molecule has 3 nitrogen and oxygen atoms in total. The van der Waals surface area contributed by atoms with Crippen LogP contribution in [0.1, 0.15) is 19.4 Å².